The Morgan fingerprint density at radius 2 is 2.33 bits per heavy atom. The lowest BCUT2D eigenvalue weighted by Crippen LogP contribution is -2.37. The highest BCUT2D eigenvalue weighted by Crippen LogP contribution is 2.38. The Hall–Kier alpha value is -0.980. The van der Waals surface area contributed by atoms with Gasteiger partial charge in [0.05, 0.1) is 11.8 Å². The van der Waals surface area contributed by atoms with Crippen LogP contribution in [-0.2, 0) is 16.1 Å². The number of hydrogen-bond acceptors (Lipinski definition) is 5. The third-order valence-corrected chi connectivity index (χ3v) is 5.15. The lowest BCUT2D eigenvalue weighted by atomic mass is 10.1. The molecule has 2 unspecified atom stereocenters. The van der Waals surface area contributed by atoms with Gasteiger partial charge in [-0.3, -0.25) is 9.69 Å². The van der Waals surface area contributed by atoms with Crippen LogP contribution in [0.2, 0.25) is 0 Å². The zero-order valence-electron chi connectivity index (χ0n) is 12.7. The minimum Gasteiger partial charge on any atom is -0.376 e. The summed E-state index contributed by atoms with van der Waals surface area (Å²) in [5, 5.41) is 6.42. The van der Waals surface area contributed by atoms with Crippen LogP contribution < -0.4 is 10.2 Å². The van der Waals surface area contributed by atoms with Gasteiger partial charge in [0.2, 0.25) is 5.91 Å². The summed E-state index contributed by atoms with van der Waals surface area (Å²) in [6.45, 7) is 5.84. The summed E-state index contributed by atoms with van der Waals surface area (Å²) in [6, 6.07) is 0.456. The molecule has 0 aromatic carbocycles. The van der Waals surface area contributed by atoms with Gasteiger partial charge in [-0.05, 0) is 32.1 Å². The van der Waals surface area contributed by atoms with Crippen molar-refractivity contribution in [2.75, 3.05) is 18.1 Å². The van der Waals surface area contributed by atoms with Crippen LogP contribution in [0.15, 0.2) is 5.38 Å². The molecular formula is C15H23N3O2S. The number of rotatable bonds is 6. The summed E-state index contributed by atoms with van der Waals surface area (Å²) < 4.78 is 5.84. The van der Waals surface area contributed by atoms with Crippen molar-refractivity contribution >= 4 is 22.4 Å². The first-order valence-electron chi connectivity index (χ1n) is 7.76. The molecule has 2 atom stereocenters. The van der Waals surface area contributed by atoms with Gasteiger partial charge in [-0.15, -0.1) is 11.3 Å². The number of thiazole rings is 1. The van der Waals surface area contributed by atoms with Crippen molar-refractivity contribution in [1.82, 2.24) is 10.3 Å². The van der Waals surface area contributed by atoms with Gasteiger partial charge in [0.15, 0.2) is 5.13 Å². The summed E-state index contributed by atoms with van der Waals surface area (Å²) in [7, 11) is 0. The van der Waals surface area contributed by atoms with Crippen molar-refractivity contribution in [2.24, 2.45) is 5.92 Å². The van der Waals surface area contributed by atoms with E-state index in [2.05, 4.69) is 10.3 Å². The molecular weight excluding hydrogens is 286 g/mol. The second kappa shape index (κ2) is 6.42. The number of carbonyl (C=O) groups is 1. The number of anilines is 1. The third-order valence-electron chi connectivity index (χ3n) is 4.23. The first kappa shape index (κ1) is 14.9. The van der Waals surface area contributed by atoms with Crippen molar-refractivity contribution in [3.63, 3.8) is 0 Å². The zero-order valence-corrected chi connectivity index (χ0v) is 13.5. The first-order chi connectivity index (χ1) is 10.2. The number of nitrogens with one attached hydrogen (secondary N) is 1. The van der Waals surface area contributed by atoms with E-state index in [4.69, 9.17) is 4.74 Å². The monoisotopic (exact) mass is 309 g/mol. The number of carbonyl (C=O) groups excluding carboxylic acids is 1. The predicted octanol–water partition coefficient (Wildman–Crippen LogP) is 2.17. The Morgan fingerprint density at radius 1 is 1.52 bits per heavy atom. The van der Waals surface area contributed by atoms with E-state index in [0.717, 1.165) is 36.3 Å². The molecule has 1 amide bonds. The lowest BCUT2D eigenvalue weighted by Gasteiger charge is -2.19. The lowest BCUT2D eigenvalue weighted by molar-refractivity contribution is -0.116. The molecule has 1 aliphatic carbocycles. The molecule has 5 nitrogen and oxygen atoms in total. The molecule has 2 fully saturated rings. The molecule has 116 valence electrons. The second-order valence-corrected chi connectivity index (χ2v) is 6.67. The van der Waals surface area contributed by atoms with Gasteiger partial charge in [0.25, 0.3) is 0 Å². The normalized spacial score (nSPS) is 25.2. The van der Waals surface area contributed by atoms with E-state index in [0.29, 0.717) is 18.7 Å². The Labute approximate surface area is 129 Å². The molecule has 1 aromatic rings. The standard InChI is InChI=1S/C15H23N3O2S/c1-3-18(10(2)19)15-17-12(9-21-15)8-16-13-6-7-20-14(13)11-4-5-11/h9,11,13-14,16H,3-8H2,1-2H3. The van der Waals surface area contributed by atoms with Crippen LogP contribution in [0.25, 0.3) is 0 Å². The van der Waals surface area contributed by atoms with E-state index >= 15 is 0 Å². The molecule has 1 saturated carbocycles. The molecule has 0 spiro atoms. The molecule has 0 bridgehead atoms. The fourth-order valence-corrected chi connectivity index (χ4v) is 3.88. The number of aromatic nitrogens is 1. The van der Waals surface area contributed by atoms with Crippen molar-refractivity contribution in [1.29, 1.82) is 0 Å². The highest BCUT2D eigenvalue weighted by Gasteiger charge is 2.40. The van der Waals surface area contributed by atoms with E-state index in [1.165, 1.54) is 24.2 Å². The average Bonchev–Trinajstić information content (AvgIpc) is 3.01. The molecule has 1 saturated heterocycles. The van der Waals surface area contributed by atoms with Gasteiger partial charge in [-0.25, -0.2) is 4.98 Å². The average molecular weight is 309 g/mol. The van der Waals surface area contributed by atoms with Crippen molar-refractivity contribution in [2.45, 2.75) is 51.8 Å². The fraction of sp³-hybridized carbons (Fsp3) is 0.733. The van der Waals surface area contributed by atoms with Gasteiger partial charge in [-0.1, -0.05) is 0 Å². The maximum absolute atomic E-state index is 11.5. The van der Waals surface area contributed by atoms with Crippen LogP contribution in [0.3, 0.4) is 0 Å². The molecule has 6 heteroatoms. The Balaban J connectivity index is 1.56. The van der Waals surface area contributed by atoms with Gasteiger partial charge in [0, 0.05) is 38.0 Å². The SMILES string of the molecule is CCN(C(C)=O)c1nc(CNC2CCOC2C2CC2)cs1. The largest absolute Gasteiger partial charge is 0.376 e. The van der Waals surface area contributed by atoms with Crippen LogP contribution in [0, 0.1) is 5.92 Å². The van der Waals surface area contributed by atoms with E-state index < -0.39 is 0 Å². The Morgan fingerprint density at radius 3 is 3.00 bits per heavy atom. The van der Waals surface area contributed by atoms with Gasteiger partial charge >= 0.3 is 0 Å². The van der Waals surface area contributed by atoms with Gasteiger partial charge in [0.1, 0.15) is 0 Å². The van der Waals surface area contributed by atoms with E-state index in [9.17, 15) is 4.79 Å². The Kier molecular flexibility index (Phi) is 4.57. The van der Waals surface area contributed by atoms with Crippen LogP contribution in [0.1, 0.15) is 38.8 Å². The van der Waals surface area contributed by atoms with E-state index in [1.807, 2.05) is 12.3 Å². The molecule has 2 aliphatic rings. The number of ether oxygens (including phenoxy) is 1. The first-order valence-corrected chi connectivity index (χ1v) is 8.64. The molecule has 1 aliphatic heterocycles. The zero-order chi connectivity index (χ0) is 14.8. The van der Waals surface area contributed by atoms with E-state index in [1.54, 1.807) is 11.8 Å². The van der Waals surface area contributed by atoms with Crippen LogP contribution in [0.4, 0.5) is 5.13 Å². The highest BCUT2D eigenvalue weighted by atomic mass is 32.1. The third kappa shape index (κ3) is 3.44. The van der Waals surface area contributed by atoms with Crippen molar-refractivity contribution < 1.29 is 9.53 Å². The summed E-state index contributed by atoms with van der Waals surface area (Å²) in [5.41, 5.74) is 1.01. The molecule has 3 rings (SSSR count). The van der Waals surface area contributed by atoms with Crippen LogP contribution in [-0.4, -0.2) is 36.2 Å². The molecule has 21 heavy (non-hydrogen) atoms. The summed E-state index contributed by atoms with van der Waals surface area (Å²) >= 11 is 1.54. The molecule has 0 radical (unpaired) electrons. The summed E-state index contributed by atoms with van der Waals surface area (Å²) in [4.78, 5) is 17.8. The maximum atomic E-state index is 11.5. The van der Waals surface area contributed by atoms with Crippen LogP contribution in [0.5, 0.6) is 0 Å². The number of hydrogen-bond donors (Lipinski definition) is 1. The second-order valence-electron chi connectivity index (χ2n) is 5.83. The van der Waals surface area contributed by atoms with Crippen LogP contribution >= 0.6 is 11.3 Å². The highest BCUT2D eigenvalue weighted by molar-refractivity contribution is 7.14. The maximum Gasteiger partial charge on any atom is 0.225 e. The van der Waals surface area contributed by atoms with Crippen molar-refractivity contribution in [3.8, 4) is 0 Å². The smallest absolute Gasteiger partial charge is 0.225 e. The summed E-state index contributed by atoms with van der Waals surface area (Å²) in [5.74, 6) is 0.814. The number of nitrogens with zero attached hydrogens (tertiary/aromatic N) is 2. The van der Waals surface area contributed by atoms with E-state index in [-0.39, 0.29) is 5.91 Å². The fourth-order valence-electron chi connectivity index (χ4n) is 2.95. The topological polar surface area (TPSA) is 54.5 Å². The molecule has 1 aromatic heterocycles. The molecule has 2 heterocycles. The summed E-state index contributed by atoms with van der Waals surface area (Å²) in [6.07, 6.45) is 4.11. The predicted molar refractivity (Wildman–Crippen MR) is 83.5 cm³/mol. The van der Waals surface area contributed by atoms with Gasteiger partial charge < -0.3 is 10.1 Å². The minimum absolute atomic E-state index is 0.0457. The Bertz CT molecular complexity index is 501. The van der Waals surface area contributed by atoms with Crippen molar-refractivity contribution in [3.05, 3.63) is 11.1 Å². The number of amides is 1. The van der Waals surface area contributed by atoms with Gasteiger partial charge in [-0.2, -0.15) is 0 Å². The quantitative estimate of drug-likeness (QED) is 0.875. The minimum atomic E-state index is 0.0457. The molecule has 1 N–H and O–H groups in total.